The van der Waals surface area contributed by atoms with Crippen LogP contribution in [0.3, 0.4) is 0 Å². The van der Waals surface area contributed by atoms with Gasteiger partial charge in [-0.25, -0.2) is 14.5 Å². The number of carbonyl (C=O) groups excluding carboxylic acids is 4. The molecule has 1 saturated heterocycles. The predicted octanol–water partition coefficient (Wildman–Crippen LogP) is 4.16. The van der Waals surface area contributed by atoms with E-state index in [0.29, 0.717) is 4.90 Å². The van der Waals surface area contributed by atoms with Crippen LogP contribution in [0, 0.1) is 0 Å². The van der Waals surface area contributed by atoms with Gasteiger partial charge in [0.25, 0.3) is 5.91 Å². The third-order valence-electron chi connectivity index (χ3n) is 6.40. The molecule has 0 saturated carbocycles. The van der Waals surface area contributed by atoms with Crippen molar-refractivity contribution in [2.24, 2.45) is 0 Å². The van der Waals surface area contributed by atoms with Crippen LogP contribution in [0.2, 0.25) is 0 Å². The standard InChI is InChI=1S/C33H36N2O8/c1-33(2,3)43-32(39)35-27(28(30(35)37)41-20-24-15-9-5-10-16-24)29(36)34-26(22-40-19-23-13-7-4-8-14-23)31(38)42-21-25-17-11-6-12-18-25/h4-18,26-28H,19-22H2,1-3H3,(H,34,36)/t26-,27-,28-/m0/s1. The summed E-state index contributed by atoms with van der Waals surface area (Å²) in [5, 5.41) is 2.62. The quantitative estimate of drug-likeness (QED) is 0.247. The number of amides is 3. The molecule has 3 amide bonds. The van der Waals surface area contributed by atoms with Gasteiger partial charge in [0.2, 0.25) is 5.91 Å². The summed E-state index contributed by atoms with van der Waals surface area (Å²) in [6.45, 7) is 4.94. The number of nitrogens with zero attached hydrogens (tertiary/aromatic N) is 1. The molecule has 0 aromatic heterocycles. The van der Waals surface area contributed by atoms with Crippen LogP contribution >= 0.6 is 0 Å². The fourth-order valence-electron chi connectivity index (χ4n) is 4.28. The average Bonchev–Trinajstić information content (AvgIpc) is 2.98. The van der Waals surface area contributed by atoms with E-state index in [2.05, 4.69) is 5.32 Å². The van der Waals surface area contributed by atoms with E-state index in [9.17, 15) is 19.2 Å². The molecule has 1 heterocycles. The summed E-state index contributed by atoms with van der Waals surface area (Å²) in [6.07, 6.45) is -2.25. The summed E-state index contributed by atoms with van der Waals surface area (Å²) in [7, 11) is 0. The molecule has 3 aromatic carbocycles. The number of nitrogens with one attached hydrogen (secondary N) is 1. The maximum atomic E-state index is 13.6. The van der Waals surface area contributed by atoms with E-state index in [0.717, 1.165) is 16.7 Å². The van der Waals surface area contributed by atoms with Gasteiger partial charge >= 0.3 is 12.1 Å². The van der Waals surface area contributed by atoms with E-state index in [1.54, 1.807) is 32.9 Å². The molecule has 0 aliphatic carbocycles. The van der Waals surface area contributed by atoms with E-state index in [4.69, 9.17) is 18.9 Å². The first kappa shape index (κ1) is 31.4. The molecule has 10 nitrogen and oxygen atoms in total. The molecule has 1 fully saturated rings. The predicted molar refractivity (Wildman–Crippen MR) is 156 cm³/mol. The van der Waals surface area contributed by atoms with Gasteiger partial charge in [-0.1, -0.05) is 91.0 Å². The summed E-state index contributed by atoms with van der Waals surface area (Å²) < 4.78 is 22.4. The molecule has 1 aliphatic heterocycles. The van der Waals surface area contributed by atoms with Crippen LogP contribution < -0.4 is 5.32 Å². The number of hydrogen-bond acceptors (Lipinski definition) is 8. The van der Waals surface area contributed by atoms with Crippen molar-refractivity contribution in [2.75, 3.05) is 6.61 Å². The number of β-lactam (4-membered cyclic amide) rings is 1. The van der Waals surface area contributed by atoms with Crippen molar-refractivity contribution in [2.45, 2.75) is 64.4 Å². The van der Waals surface area contributed by atoms with E-state index in [-0.39, 0.29) is 26.4 Å². The van der Waals surface area contributed by atoms with Crippen molar-refractivity contribution in [3.63, 3.8) is 0 Å². The van der Waals surface area contributed by atoms with Crippen molar-refractivity contribution in [3.05, 3.63) is 108 Å². The summed E-state index contributed by atoms with van der Waals surface area (Å²) in [5.41, 5.74) is 1.51. The third-order valence-corrected chi connectivity index (χ3v) is 6.40. The number of benzene rings is 3. The Kier molecular flexibility index (Phi) is 10.6. The largest absolute Gasteiger partial charge is 0.459 e. The van der Waals surface area contributed by atoms with Gasteiger partial charge in [-0.05, 0) is 37.5 Å². The Balaban J connectivity index is 1.49. The fourth-order valence-corrected chi connectivity index (χ4v) is 4.28. The van der Waals surface area contributed by atoms with Crippen LogP contribution in [0.1, 0.15) is 37.5 Å². The minimum atomic E-state index is -1.37. The zero-order valence-electron chi connectivity index (χ0n) is 24.4. The molecular weight excluding hydrogens is 552 g/mol. The second-order valence-electron chi connectivity index (χ2n) is 11.0. The van der Waals surface area contributed by atoms with Gasteiger partial charge in [0.1, 0.15) is 12.2 Å². The second-order valence-corrected chi connectivity index (χ2v) is 11.0. The summed E-state index contributed by atoms with van der Waals surface area (Å²) in [5.74, 6) is -2.23. The molecule has 1 N–H and O–H groups in total. The first-order valence-electron chi connectivity index (χ1n) is 14.0. The number of rotatable bonds is 12. The molecule has 3 aromatic rings. The van der Waals surface area contributed by atoms with Gasteiger partial charge in [-0.3, -0.25) is 9.59 Å². The Morgan fingerprint density at radius 2 is 1.30 bits per heavy atom. The lowest BCUT2D eigenvalue weighted by molar-refractivity contribution is -0.178. The minimum Gasteiger partial charge on any atom is -0.459 e. The van der Waals surface area contributed by atoms with E-state index in [1.165, 1.54) is 0 Å². The number of carbonyl (C=O) groups is 4. The highest BCUT2D eigenvalue weighted by Gasteiger charge is 2.57. The highest BCUT2D eigenvalue weighted by molar-refractivity contribution is 6.09. The smallest absolute Gasteiger partial charge is 0.417 e. The van der Waals surface area contributed by atoms with Crippen LogP contribution in [-0.2, 0) is 53.2 Å². The number of esters is 1. The van der Waals surface area contributed by atoms with E-state index in [1.807, 2.05) is 78.9 Å². The summed E-state index contributed by atoms with van der Waals surface area (Å²) in [4.78, 5) is 53.5. The molecule has 4 rings (SSSR count). The summed E-state index contributed by atoms with van der Waals surface area (Å²) >= 11 is 0. The van der Waals surface area contributed by atoms with Gasteiger partial charge < -0.3 is 24.3 Å². The Bertz CT molecular complexity index is 1380. The van der Waals surface area contributed by atoms with E-state index >= 15 is 0 Å². The third kappa shape index (κ3) is 8.97. The topological polar surface area (TPSA) is 120 Å². The monoisotopic (exact) mass is 588 g/mol. The van der Waals surface area contributed by atoms with E-state index < -0.39 is 47.7 Å². The lowest BCUT2D eigenvalue weighted by Gasteiger charge is -2.44. The zero-order valence-corrected chi connectivity index (χ0v) is 24.4. The maximum absolute atomic E-state index is 13.6. The van der Waals surface area contributed by atoms with Crippen LogP contribution in [0.4, 0.5) is 4.79 Å². The highest BCUT2D eigenvalue weighted by atomic mass is 16.6. The van der Waals surface area contributed by atoms with Crippen molar-refractivity contribution in [3.8, 4) is 0 Å². The molecule has 3 atom stereocenters. The van der Waals surface area contributed by atoms with Crippen molar-refractivity contribution in [1.82, 2.24) is 10.2 Å². The Hall–Kier alpha value is -4.54. The van der Waals surface area contributed by atoms with Crippen LogP contribution in [0.25, 0.3) is 0 Å². The van der Waals surface area contributed by atoms with Gasteiger partial charge in [0.05, 0.1) is 19.8 Å². The van der Waals surface area contributed by atoms with Gasteiger partial charge in [0.15, 0.2) is 18.2 Å². The molecule has 0 bridgehead atoms. The lowest BCUT2D eigenvalue weighted by Crippen LogP contribution is -2.73. The van der Waals surface area contributed by atoms with Gasteiger partial charge in [-0.2, -0.15) is 0 Å². The normalized spacial score (nSPS) is 17.0. The first-order valence-corrected chi connectivity index (χ1v) is 14.0. The molecule has 10 heteroatoms. The molecule has 0 spiro atoms. The first-order chi connectivity index (χ1) is 20.6. The molecular formula is C33H36N2O8. The molecule has 226 valence electrons. The molecule has 1 aliphatic rings. The van der Waals surface area contributed by atoms with Crippen molar-refractivity contribution >= 4 is 23.9 Å². The molecule has 0 radical (unpaired) electrons. The van der Waals surface area contributed by atoms with Gasteiger partial charge in [0, 0.05) is 0 Å². The van der Waals surface area contributed by atoms with Crippen LogP contribution in [-0.4, -0.2) is 59.2 Å². The van der Waals surface area contributed by atoms with Crippen molar-refractivity contribution in [1.29, 1.82) is 0 Å². The Labute approximate surface area is 250 Å². The zero-order chi connectivity index (χ0) is 30.8. The lowest BCUT2D eigenvalue weighted by atomic mass is 9.97. The number of ether oxygens (including phenoxy) is 4. The number of imide groups is 1. The fraction of sp³-hybridized carbons (Fsp3) is 0.333. The SMILES string of the molecule is CC(C)(C)OC(=O)N1C(=O)[C@@H](OCc2ccccc2)[C@H]1C(=O)N[C@@H](COCc1ccccc1)C(=O)OCc1ccccc1. The maximum Gasteiger partial charge on any atom is 0.417 e. The Morgan fingerprint density at radius 3 is 1.84 bits per heavy atom. The summed E-state index contributed by atoms with van der Waals surface area (Å²) in [6, 6.07) is 24.9. The Morgan fingerprint density at radius 1 is 0.791 bits per heavy atom. The second kappa shape index (κ2) is 14.6. The number of hydrogen-bond donors (Lipinski definition) is 1. The van der Waals surface area contributed by atoms with Crippen LogP contribution in [0.15, 0.2) is 91.0 Å². The van der Waals surface area contributed by atoms with Crippen LogP contribution in [0.5, 0.6) is 0 Å². The molecule has 43 heavy (non-hydrogen) atoms. The number of likely N-dealkylation sites (tertiary alicyclic amines) is 1. The minimum absolute atomic E-state index is 0.0144. The average molecular weight is 589 g/mol. The highest BCUT2D eigenvalue weighted by Crippen LogP contribution is 2.27. The van der Waals surface area contributed by atoms with Crippen molar-refractivity contribution < 1.29 is 38.1 Å². The molecule has 0 unspecified atom stereocenters. The van der Waals surface area contributed by atoms with Gasteiger partial charge in [-0.15, -0.1) is 0 Å².